The lowest BCUT2D eigenvalue weighted by Crippen LogP contribution is -2.26. The Labute approximate surface area is 133 Å². The van der Waals surface area contributed by atoms with Crippen molar-refractivity contribution in [3.63, 3.8) is 0 Å². The third-order valence-electron chi connectivity index (χ3n) is 4.15. The molecule has 1 aliphatic rings. The van der Waals surface area contributed by atoms with Crippen LogP contribution in [0.5, 0.6) is 0 Å². The average molecular weight is 313 g/mol. The molecule has 0 atom stereocenters. The molecule has 6 heteroatoms. The topological polar surface area (TPSA) is 38.9 Å². The van der Waals surface area contributed by atoms with E-state index in [0.717, 1.165) is 50.8 Å². The number of hydrogen-bond donors (Lipinski definition) is 0. The summed E-state index contributed by atoms with van der Waals surface area (Å²) in [6, 6.07) is 8.43. The highest BCUT2D eigenvalue weighted by atomic mass is 32.1. The number of fused-ring (bicyclic) bond motifs is 1. The van der Waals surface area contributed by atoms with E-state index in [4.69, 9.17) is 0 Å². The molecule has 0 amide bonds. The fraction of sp³-hybridized carbons (Fsp3) is 0.375. The van der Waals surface area contributed by atoms with E-state index in [0.29, 0.717) is 0 Å². The van der Waals surface area contributed by atoms with Crippen LogP contribution in [0.3, 0.4) is 0 Å². The van der Waals surface area contributed by atoms with Gasteiger partial charge >= 0.3 is 0 Å². The summed E-state index contributed by atoms with van der Waals surface area (Å²) in [7, 11) is 0. The van der Waals surface area contributed by atoms with Gasteiger partial charge in [0.05, 0.1) is 6.54 Å². The highest BCUT2D eigenvalue weighted by Gasteiger charge is 2.18. The van der Waals surface area contributed by atoms with Crippen LogP contribution in [0.2, 0.25) is 0 Å². The Kier molecular flexibility index (Phi) is 3.78. The Hall–Kier alpha value is -1.92. The van der Waals surface area contributed by atoms with Crippen LogP contribution in [0, 0.1) is 0 Å². The van der Waals surface area contributed by atoms with Crippen LogP contribution in [0.4, 0.5) is 0 Å². The third kappa shape index (κ3) is 2.84. The largest absolute Gasteiger partial charge is 0.347 e. The minimum absolute atomic E-state index is 0.797. The van der Waals surface area contributed by atoms with Gasteiger partial charge in [-0.25, -0.2) is 0 Å². The first-order valence-electron chi connectivity index (χ1n) is 7.65. The SMILES string of the molecule is c1csc(CN2CCc3nnc(Cn4cccc4)n3CC2)c1. The number of aromatic nitrogens is 4. The van der Waals surface area contributed by atoms with Crippen molar-refractivity contribution in [1.82, 2.24) is 24.2 Å². The van der Waals surface area contributed by atoms with E-state index in [9.17, 15) is 0 Å². The molecule has 0 bridgehead atoms. The smallest absolute Gasteiger partial charge is 0.153 e. The predicted molar refractivity (Wildman–Crippen MR) is 86.9 cm³/mol. The fourth-order valence-corrected chi connectivity index (χ4v) is 3.71. The minimum atomic E-state index is 0.797. The molecule has 1 aliphatic heterocycles. The van der Waals surface area contributed by atoms with E-state index in [1.54, 1.807) is 0 Å². The van der Waals surface area contributed by atoms with Gasteiger partial charge in [0.15, 0.2) is 5.82 Å². The monoisotopic (exact) mass is 313 g/mol. The fourth-order valence-electron chi connectivity index (χ4n) is 2.96. The summed E-state index contributed by atoms with van der Waals surface area (Å²) in [5, 5.41) is 10.9. The summed E-state index contributed by atoms with van der Waals surface area (Å²) in [6.07, 6.45) is 5.12. The minimum Gasteiger partial charge on any atom is -0.347 e. The summed E-state index contributed by atoms with van der Waals surface area (Å²) >= 11 is 1.84. The molecule has 114 valence electrons. The van der Waals surface area contributed by atoms with Crippen molar-refractivity contribution in [2.75, 3.05) is 13.1 Å². The zero-order valence-corrected chi connectivity index (χ0v) is 13.2. The van der Waals surface area contributed by atoms with Crippen LogP contribution in [0.25, 0.3) is 0 Å². The van der Waals surface area contributed by atoms with Crippen molar-refractivity contribution in [3.05, 3.63) is 58.6 Å². The van der Waals surface area contributed by atoms with Crippen LogP contribution in [-0.2, 0) is 26.1 Å². The van der Waals surface area contributed by atoms with Crippen molar-refractivity contribution in [2.24, 2.45) is 0 Å². The van der Waals surface area contributed by atoms with Gasteiger partial charge in [-0.3, -0.25) is 4.90 Å². The Balaban J connectivity index is 1.46. The zero-order valence-electron chi connectivity index (χ0n) is 12.4. The second-order valence-electron chi connectivity index (χ2n) is 5.64. The van der Waals surface area contributed by atoms with Gasteiger partial charge in [-0.1, -0.05) is 6.07 Å². The van der Waals surface area contributed by atoms with Crippen LogP contribution >= 0.6 is 11.3 Å². The van der Waals surface area contributed by atoms with Gasteiger partial charge < -0.3 is 9.13 Å². The van der Waals surface area contributed by atoms with Gasteiger partial charge in [-0.05, 0) is 23.6 Å². The maximum absolute atomic E-state index is 4.40. The lowest BCUT2D eigenvalue weighted by Gasteiger charge is -2.18. The Morgan fingerprint density at radius 3 is 2.73 bits per heavy atom. The molecule has 4 rings (SSSR count). The van der Waals surface area contributed by atoms with Crippen molar-refractivity contribution in [3.8, 4) is 0 Å². The van der Waals surface area contributed by atoms with Gasteiger partial charge in [0.25, 0.3) is 0 Å². The summed E-state index contributed by atoms with van der Waals surface area (Å²) in [5.41, 5.74) is 0. The molecule has 3 aromatic rings. The highest BCUT2D eigenvalue weighted by Crippen LogP contribution is 2.15. The Morgan fingerprint density at radius 1 is 1.00 bits per heavy atom. The molecule has 0 saturated carbocycles. The van der Waals surface area contributed by atoms with Crippen molar-refractivity contribution < 1.29 is 0 Å². The van der Waals surface area contributed by atoms with E-state index >= 15 is 0 Å². The molecular formula is C16H19N5S. The lowest BCUT2D eigenvalue weighted by molar-refractivity contribution is 0.272. The second-order valence-corrected chi connectivity index (χ2v) is 6.68. The molecule has 5 nitrogen and oxygen atoms in total. The van der Waals surface area contributed by atoms with Gasteiger partial charge in [-0.15, -0.1) is 21.5 Å². The van der Waals surface area contributed by atoms with Crippen LogP contribution in [0.1, 0.15) is 16.5 Å². The van der Waals surface area contributed by atoms with E-state index in [1.165, 1.54) is 4.88 Å². The number of rotatable bonds is 4. The number of nitrogens with zero attached hydrogens (tertiary/aromatic N) is 5. The molecule has 22 heavy (non-hydrogen) atoms. The van der Waals surface area contributed by atoms with Gasteiger partial charge in [0.2, 0.25) is 0 Å². The maximum Gasteiger partial charge on any atom is 0.153 e. The molecule has 0 aliphatic carbocycles. The van der Waals surface area contributed by atoms with Crippen LogP contribution in [0.15, 0.2) is 42.0 Å². The molecule has 0 spiro atoms. The summed E-state index contributed by atoms with van der Waals surface area (Å²) in [5.74, 6) is 2.18. The molecule has 4 heterocycles. The summed E-state index contributed by atoms with van der Waals surface area (Å²) in [6.45, 7) is 4.93. The van der Waals surface area contributed by atoms with Crippen molar-refractivity contribution in [1.29, 1.82) is 0 Å². The molecule has 0 radical (unpaired) electrons. The normalized spacial score (nSPS) is 15.6. The lowest BCUT2D eigenvalue weighted by atomic mass is 10.3. The maximum atomic E-state index is 4.40. The molecule has 0 fully saturated rings. The number of hydrogen-bond acceptors (Lipinski definition) is 4. The number of thiophene rings is 1. The first-order valence-corrected chi connectivity index (χ1v) is 8.53. The van der Waals surface area contributed by atoms with Crippen molar-refractivity contribution >= 4 is 11.3 Å². The quantitative estimate of drug-likeness (QED) is 0.741. The van der Waals surface area contributed by atoms with Gasteiger partial charge in [0, 0.05) is 49.9 Å². The van der Waals surface area contributed by atoms with Gasteiger partial charge in [-0.2, -0.15) is 0 Å². The first kappa shape index (κ1) is 13.7. The first-order chi connectivity index (χ1) is 10.9. The third-order valence-corrected chi connectivity index (χ3v) is 5.01. The van der Waals surface area contributed by atoms with Crippen molar-refractivity contribution in [2.45, 2.75) is 26.1 Å². The summed E-state index contributed by atoms with van der Waals surface area (Å²) in [4.78, 5) is 3.95. The Bertz CT molecular complexity index is 714. The van der Waals surface area contributed by atoms with Crippen LogP contribution in [-0.4, -0.2) is 37.3 Å². The second kappa shape index (κ2) is 6.06. The highest BCUT2D eigenvalue weighted by molar-refractivity contribution is 7.09. The van der Waals surface area contributed by atoms with E-state index < -0.39 is 0 Å². The molecular weight excluding hydrogens is 294 g/mol. The van der Waals surface area contributed by atoms with E-state index in [2.05, 4.69) is 54.1 Å². The average Bonchev–Trinajstić information content (AvgIpc) is 3.24. The predicted octanol–water partition coefficient (Wildman–Crippen LogP) is 2.25. The molecule has 0 unspecified atom stereocenters. The summed E-state index contributed by atoms with van der Waals surface area (Å²) < 4.78 is 4.44. The van der Waals surface area contributed by atoms with Gasteiger partial charge in [0.1, 0.15) is 5.82 Å². The Morgan fingerprint density at radius 2 is 1.91 bits per heavy atom. The molecule has 0 aromatic carbocycles. The standard InChI is InChI=1S/C16H19N5S/c1-2-7-19(6-1)13-16-18-17-15-5-8-20(9-10-21(15)16)12-14-4-3-11-22-14/h1-4,6-7,11H,5,8-10,12-13H2. The van der Waals surface area contributed by atoms with E-state index in [-0.39, 0.29) is 0 Å². The van der Waals surface area contributed by atoms with Crippen LogP contribution < -0.4 is 0 Å². The molecule has 0 N–H and O–H groups in total. The zero-order chi connectivity index (χ0) is 14.8. The van der Waals surface area contributed by atoms with E-state index in [1.807, 2.05) is 23.5 Å². The molecule has 0 saturated heterocycles. The molecule has 3 aromatic heterocycles.